The van der Waals surface area contributed by atoms with Crippen LogP contribution in [0.15, 0.2) is 30.3 Å². The van der Waals surface area contributed by atoms with Gasteiger partial charge in [-0.25, -0.2) is 4.79 Å². The second-order valence-corrected chi connectivity index (χ2v) is 7.72. The van der Waals surface area contributed by atoms with Crippen LogP contribution in [0.3, 0.4) is 0 Å². The minimum atomic E-state index is -0.526. The highest BCUT2D eigenvalue weighted by atomic mass is 16.5. The van der Waals surface area contributed by atoms with Crippen molar-refractivity contribution in [2.24, 2.45) is 0 Å². The van der Waals surface area contributed by atoms with E-state index in [1.807, 2.05) is 19.9 Å². The molecule has 1 atom stereocenters. The molecule has 2 aromatic rings. The number of rotatable bonds is 8. The second kappa shape index (κ2) is 9.27. The maximum Gasteiger partial charge on any atom is 0.338 e. The molecule has 1 saturated heterocycles. The van der Waals surface area contributed by atoms with Gasteiger partial charge >= 0.3 is 5.97 Å². The number of ketones is 1. The minimum Gasteiger partial charge on any atom is -0.491 e. The van der Waals surface area contributed by atoms with Crippen molar-refractivity contribution in [2.45, 2.75) is 52.7 Å². The summed E-state index contributed by atoms with van der Waals surface area (Å²) in [6.45, 7) is 9.05. The molecule has 0 amide bonds. The molecule has 0 unspecified atom stereocenters. The van der Waals surface area contributed by atoms with Gasteiger partial charge in [0.2, 0.25) is 5.78 Å². The van der Waals surface area contributed by atoms with Crippen LogP contribution < -0.4 is 4.74 Å². The van der Waals surface area contributed by atoms with E-state index in [9.17, 15) is 9.59 Å². The summed E-state index contributed by atoms with van der Waals surface area (Å²) < 4.78 is 18.6. The zero-order valence-corrected chi connectivity index (χ0v) is 17.6. The smallest absolute Gasteiger partial charge is 0.338 e. The van der Waals surface area contributed by atoms with Gasteiger partial charge in [-0.1, -0.05) is 0 Å². The van der Waals surface area contributed by atoms with Crippen LogP contribution in [0.2, 0.25) is 0 Å². The van der Waals surface area contributed by atoms with Crippen LogP contribution >= 0.6 is 0 Å². The van der Waals surface area contributed by atoms with E-state index in [1.165, 1.54) is 0 Å². The highest BCUT2D eigenvalue weighted by Crippen LogP contribution is 2.21. The largest absolute Gasteiger partial charge is 0.491 e. The van der Waals surface area contributed by atoms with Gasteiger partial charge in [0, 0.05) is 29.6 Å². The van der Waals surface area contributed by atoms with Gasteiger partial charge in [0.05, 0.1) is 11.7 Å². The number of nitrogens with zero attached hydrogens (tertiary/aromatic N) is 1. The molecule has 156 valence electrons. The van der Waals surface area contributed by atoms with Gasteiger partial charge in [-0.2, -0.15) is 0 Å². The van der Waals surface area contributed by atoms with Crippen LogP contribution in [0.25, 0.3) is 0 Å². The van der Waals surface area contributed by atoms with E-state index in [4.69, 9.17) is 14.2 Å². The molecule has 0 radical (unpaired) electrons. The van der Waals surface area contributed by atoms with Crippen molar-refractivity contribution in [1.82, 2.24) is 4.57 Å². The maximum atomic E-state index is 12.5. The molecule has 0 spiro atoms. The number of aromatic nitrogens is 1. The van der Waals surface area contributed by atoms with E-state index in [-0.39, 0.29) is 24.5 Å². The average Bonchev–Trinajstić information content (AvgIpc) is 3.32. The first-order valence-electron chi connectivity index (χ1n) is 10.1. The standard InChI is InChI=1S/C23H29NO5/c1-15(2)24-16(3)12-21(17(24)4)22(25)14-29-23(26)18-7-9-19(10-8-18)28-13-20-6-5-11-27-20/h7-10,12,15,20H,5-6,11,13-14H2,1-4H3/t20-/m1/s1. The number of benzene rings is 1. The molecule has 1 aliphatic rings. The molecule has 6 heteroatoms. The van der Waals surface area contributed by atoms with Crippen molar-refractivity contribution in [2.75, 3.05) is 19.8 Å². The summed E-state index contributed by atoms with van der Waals surface area (Å²) in [5, 5.41) is 0. The first kappa shape index (κ1) is 21.1. The Labute approximate surface area is 171 Å². The number of hydrogen-bond donors (Lipinski definition) is 0. The van der Waals surface area contributed by atoms with E-state index in [1.54, 1.807) is 24.3 Å². The normalized spacial score (nSPS) is 16.2. The fourth-order valence-electron chi connectivity index (χ4n) is 3.80. The van der Waals surface area contributed by atoms with Gasteiger partial charge in [0.15, 0.2) is 6.61 Å². The van der Waals surface area contributed by atoms with Crippen molar-refractivity contribution in [1.29, 1.82) is 0 Å². The van der Waals surface area contributed by atoms with Crippen molar-refractivity contribution >= 4 is 11.8 Å². The van der Waals surface area contributed by atoms with Crippen molar-refractivity contribution in [3.63, 3.8) is 0 Å². The topological polar surface area (TPSA) is 66.8 Å². The van der Waals surface area contributed by atoms with Gasteiger partial charge < -0.3 is 18.8 Å². The Hall–Kier alpha value is -2.60. The predicted octanol–water partition coefficient (Wildman–Crippen LogP) is 4.28. The Balaban J connectivity index is 1.53. The van der Waals surface area contributed by atoms with Crippen LogP contribution in [0.4, 0.5) is 0 Å². The number of hydrogen-bond acceptors (Lipinski definition) is 5. The Bertz CT molecular complexity index is 860. The zero-order valence-electron chi connectivity index (χ0n) is 17.6. The molecule has 1 aromatic heterocycles. The fourth-order valence-corrected chi connectivity index (χ4v) is 3.80. The summed E-state index contributed by atoms with van der Waals surface area (Å²) in [6.07, 6.45) is 2.22. The number of esters is 1. The zero-order chi connectivity index (χ0) is 21.0. The molecule has 0 N–H and O–H groups in total. The summed E-state index contributed by atoms with van der Waals surface area (Å²) in [6, 6.07) is 8.85. The average molecular weight is 399 g/mol. The molecule has 1 aromatic carbocycles. The number of carbonyl (C=O) groups is 2. The first-order valence-corrected chi connectivity index (χ1v) is 10.1. The molecule has 2 heterocycles. The van der Waals surface area contributed by atoms with Crippen LogP contribution in [-0.4, -0.2) is 42.2 Å². The van der Waals surface area contributed by atoms with Gasteiger partial charge in [-0.05, 0) is 70.9 Å². The van der Waals surface area contributed by atoms with E-state index in [0.717, 1.165) is 30.8 Å². The van der Waals surface area contributed by atoms with Crippen LogP contribution in [0, 0.1) is 13.8 Å². The summed E-state index contributed by atoms with van der Waals surface area (Å²) in [7, 11) is 0. The molecule has 6 nitrogen and oxygen atoms in total. The number of aryl methyl sites for hydroxylation is 1. The van der Waals surface area contributed by atoms with Crippen LogP contribution in [0.5, 0.6) is 5.75 Å². The lowest BCUT2D eigenvalue weighted by molar-refractivity contribution is 0.0474. The summed E-state index contributed by atoms with van der Waals surface area (Å²) in [5.74, 6) is -0.0502. The number of ether oxygens (including phenoxy) is 3. The third-order valence-corrected chi connectivity index (χ3v) is 5.19. The van der Waals surface area contributed by atoms with Gasteiger partial charge in [-0.15, -0.1) is 0 Å². The quantitative estimate of drug-likeness (QED) is 0.489. The minimum absolute atomic E-state index is 0.142. The Morgan fingerprint density at radius 3 is 2.52 bits per heavy atom. The van der Waals surface area contributed by atoms with Crippen molar-refractivity contribution < 1.29 is 23.8 Å². The van der Waals surface area contributed by atoms with Gasteiger partial charge in [-0.3, -0.25) is 4.79 Å². The highest BCUT2D eigenvalue weighted by Gasteiger charge is 2.19. The first-order chi connectivity index (χ1) is 13.9. The Morgan fingerprint density at radius 2 is 1.93 bits per heavy atom. The summed E-state index contributed by atoms with van der Waals surface area (Å²) in [5.41, 5.74) is 2.90. The predicted molar refractivity (Wildman–Crippen MR) is 110 cm³/mol. The van der Waals surface area contributed by atoms with Crippen LogP contribution in [0.1, 0.15) is 64.8 Å². The third kappa shape index (κ3) is 5.07. The molecule has 0 bridgehead atoms. The fraction of sp³-hybridized carbons (Fsp3) is 0.478. The molecule has 3 rings (SSSR count). The van der Waals surface area contributed by atoms with E-state index >= 15 is 0 Å². The molecule has 1 aliphatic heterocycles. The molecular weight excluding hydrogens is 370 g/mol. The number of Topliss-reactive ketones (excluding diaryl/α,β-unsaturated/α-hetero) is 1. The van der Waals surface area contributed by atoms with Crippen molar-refractivity contribution in [3.05, 3.63) is 52.8 Å². The summed E-state index contributed by atoms with van der Waals surface area (Å²) >= 11 is 0. The van der Waals surface area contributed by atoms with Gasteiger partial charge in [0.25, 0.3) is 0 Å². The van der Waals surface area contributed by atoms with E-state index in [2.05, 4.69) is 18.4 Å². The van der Waals surface area contributed by atoms with Gasteiger partial charge in [0.1, 0.15) is 12.4 Å². The molecular formula is C23H29NO5. The molecule has 1 fully saturated rings. The molecule has 29 heavy (non-hydrogen) atoms. The third-order valence-electron chi connectivity index (χ3n) is 5.19. The molecule has 0 saturated carbocycles. The monoisotopic (exact) mass is 399 g/mol. The lowest BCUT2D eigenvalue weighted by atomic mass is 10.1. The second-order valence-electron chi connectivity index (χ2n) is 7.72. The SMILES string of the molecule is Cc1cc(C(=O)COC(=O)c2ccc(OC[C@H]3CCCO3)cc2)c(C)n1C(C)C. The number of carbonyl (C=O) groups excluding carboxylic acids is 2. The van der Waals surface area contributed by atoms with Crippen LogP contribution in [-0.2, 0) is 9.47 Å². The molecule has 0 aliphatic carbocycles. The summed E-state index contributed by atoms with van der Waals surface area (Å²) in [4.78, 5) is 24.8. The van der Waals surface area contributed by atoms with Crippen molar-refractivity contribution in [3.8, 4) is 5.75 Å². The maximum absolute atomic E-state index is 12.5. The Kier molecular flexibility index (Phi) is 6.75. The van der Waals surface area contributed by atoms with E-state index in [0.29, 0.717) is 23.5 Å². The Morgan fingerprint density at radius 1 is 1.21 bits per heavy atom. The van der Waals surface area contributed by atoms with E-state index < -0.39 is 5.97 Å². The lowest BCUT2D eigenvalue weighted by Crippen LogP contribution is -2.16. The highest BCUT2D eigenvalue weighted by molar-refractivity contribution is 6.00. The lowest BCUT2D eigenvalue weighted by Gasteiger charge is -2.13.